The molecule has 0 N–H and O–H groups in total. The molecule has 4 aromatic rings. The van der Waals surface area contributed by atoms with Crippen LogP contribution in [0.15, 0.2) is 48.7 Å². The van der Waals surface area contributed by atoms with Crippen molar-refractivity contribution in [2.45, 2.75) is 31.1 Å². The Kier molecular flexibility index (Phi) is 3.01. The Bertz CT molecular complexity index is 1570. The van der Waals surface area contributed by atoms with Gasteiger partial charge in [-0.2, -0.15) is 36.1 Å². The number of pyridine rings is 3. The molecule has 33 heavy (non-hydrogen) atoms. The second-order valence-electron chi connectivity index (χ2n) is 8.99. The maximum absolute atomic E-state index is 15.2. The van der Waals surface area contributed by atoms with Gasteiger partial charge in [-0.15, -0.1) is 4.57 Å². The lowest BCUT2D eigenvalue weighted by Gasteiger charge is -2.33. The number of nitrogens with zero attached hydrogens (tertiary/aromatic N) is 5. The van der Waals surface area contributed by atoms with E-state index in [1.54, 1.807) is 33.4 Å². The first-order valence-electron chi connectivity index (χ1n) is 10.2. The minimum absolute atomic E-state index is 0.0624. The van der Waals surface area contributed by atoms with E-state index in [0.717, 1.165) is 22.5 Å². The van der Waals surface area contributed by atoms with Crippen LogP contribution in [0.1, 0.15) is 42.3 Å². The summed E-state index contributed by atoms with van der Waals surface area (Å²) in [7, 11) is 0. The summed E-state index contributed by atoms with van der Waals surface area (Å²) in [6.07, 6.45) is -3.58. The summed E-state index contributed by atoms with van der Waals surface area (Å²) >= 11 is 0. The fraction of sp³-hybridized carbons (Fsp3) is 0.217. The Labute approximate surface area is 183 Å². The van der Waals surface area contributed by atoms with Crippen LogP contribution >= 0.6 is 0 Å². The van der Waals surface area contributed by atoms with Crippen LogP contribution in [0, 0.1) is 11.9 Å². The largest absolute Gasteiger partial charge is 0.473 e. The van der Waals surface area contributed by atoms with Crippen molar-refractivity contribution in [3.05, 3.63) is 89.0 Å². The van der Waals surface area contributed by atoms with Crippen LogP contribution in [-0.4, -0.2) is 14.5 Å². The summed E-state index contributed by atoms with van der Waals surface area (Å²) in [4.78, 5) is 7.09. The lowest BCUT2D eigenvalue weighted by molar-refractivity contribution is -0.972. The Morgan fingerprint density at radius 2 is 1.67 bits per heavy atom. The molecule has 0 radical (unpaired) electrons. The molecule has 164 valence electrons. The number of hydrogen-bond acceptors (Lipinski definition) is 2. The molecule has 1 spiro atoms. The van der Waals surface area contributed by atoms with Gasteiger partial charge in [0.15, 0.2) is 0 Å². The van der Waals surface area contributed by atoms with Gasteiger partial charge in [-0.05, 0) is 26.0 Å². The van der Waals surface area contributed by atoms with Gasteiger partial charge in [-0.25, -0.2) is 4.98 Å². The van der Waals surface area contributed by atoms with Gasteiger partial charge in [0.25, 0.3) is 11.5 Å². The molecule has 0 amide bonds. The fourth-order valence-corrected chi connectivity index (χ4v) is 5.91. The van der Waals surface area contributed by atoms with Gasteiger partial charge in [0, 0.05) is 24.3 Å². The number of halogens is 5. The molecule has 4 aromatic heterocycles. The third kappa shape index (κ3) is 1.84. The van der Waals surface area contributed by atoms with Crippen LogP contribution in [0.5, 0.6) is 0 Å². The van der Waals surface area contributed by atoms with E-state index in [4.69, 9.17) is 0 Å². The Hall–Kier alpha value is -3.69. The Morgan fingerprint density at radius 1 is 0.970 bits per heavy atom. The predicted octanol–water partition coefficient (Wildman–Crippen LogP) is 3.37. The third-order valence-electron chi connectivity index (χ3n) is 7.06. The minimum Gasteiger partial charge on any atom is -0.209 e. The number of aromatic nitrogens is 5. The van der Waals surface area contributed by atoms with Gasteiger partial charge in [0.1, 0.15) is 22.2 Å². The zero-order valence-corrected chi connectivity index (χ0v) is 17.2. The van der Waals surface area contributed by atoms with Gasteiger partial charge in [-0.1, -0.05) is 6.07 Å². The highest BCUT2D eigenvalue weighted by Crippen LogP contribution is 2.50. The van der Waals surface area contributed by atoms with E-state index >= 15 is 4.39 Å². The number of imidazole rings is 1. The molecule has 10 heteroatoms. The normalized spacial score (nSPS) is 20.3. The van der Waals surface area contributed by atoms with E-state index < -0.39 is 35.0 Å². The molecule has 5 nitrogen and oxygen atoms in total. The van der Waals surface area contributed by atoms with Crippen molar-refractivity contribution in [2.24, 2.45) is 0 Å². The van der Waals surface area contributed by atoms with Crippen molar-refractivity contribution in [2.75, 3.05) is 0 Å². The van der Waals surface area contributed by atoms with Crippen LogP contribution in [0.2, 0.25) is 0 Å². The van der Waals surface area contributed by atoms with E-state index in [1.807, 2.05) is 26.0 Å². The molecule has 3 aliphatic rings. The van der Waals surface area contributed by atoms with Crippen molar-refractivity contribution < 1.29 is 31.1 Å². The molecule has 7 rings (SSSR count). The van der Waals surface area contributed by atoms with Crippen LogP contribution < -0.4 is 9.13 Å². The summed E-state index contributed by atoms with van der Waals surface area (Å²) in [5.74, 6) is -2.93. The number of alkyl halides is 3. The van der Waals surface area contributed by atoms with Crippen LogP contribution in [0.25, 0.3) is 17.1 Å². The number of hydrogen-bond donors (Lipinski definition) is 0. The Balaban J connectivity index is 1.79. The molecular weight excluding hydrogens is 441 g/mol. The summed E-state index contributed by atoms with van der Waals surface area (Å²) in [6, 6.07) is 11.5. The first kappa shape index (κ1) is 18.8. The number of rotatable bonds is 0. The molecular formula is C23H14F5N5+2. The highest BCUT2D eigenvalue weighted by atomic mass is 19.4. The monoisotopic (exact) mass is 455 g/mol. The average Bonchev–Trinajstić information content (AvgIpc) is 3.38. The summed E-state index contributed by atoms with van der Waals surface area (Å²) in [5, 5.41) is 0. The predicted molar refractivity (Wildman–Crippen MR) is 102 cm³/mol. The molecule has 0 unspecified atom stereocenters. The lowest BCUT2D eigenvalue weighted by atomic mass is 9.79. The first-order valence-corrected chi connectivity index (χ1v) is 10.2. The molecule has 1 atom stereocenters. The molecule has 0 saturated carbocycles. The van der Waals surface area contributed by atoms with Gasteiger partial charge < -0.3 is 0 Å². The SMILES string of the molecule is CC1(C)c2cccc3[n+]2[C@]2(c4cc(F)nc(F)c4-3)c3cnc(C(F)(F)F)n3-c3cccc1[n+]32. The van der Waals surface area contributed by atoms with Crippen molar-refractivity contribution in [3.8, 4) is 17.1 Å². The molecule has 0 fully saturated rings. The fourth-order valence-electron chi connectivity index (χ4n) is 5.91. The quantitative estimate of drug-likeness (QED) is 0.200. The highest BCUT2D eigenvalue weighted by Gasteiger charge is 2.74. The van der Waals surface area contributed by atoms with Crippen LogP contribution in [-0.2, 0) is 17.3 Å². The topological polar surface area (TPSA) is 38.5 Å². The smallest absolute Gasteiger partial charge is 0.209 e. The van der Waals surface area contributed by atoms with Crippen molar-refractivity contribution in [1.29, 1.82) is 0 Å². The third-order valence-corrected chi connectivity index (χ3v) is 7.06. The molecule has 0 saturated heterocycles. The maximum atomic E-state index is 15.2. The second kappa shape index (κ2) is 5.27. The zero-order chi connectivity index (χ0) is 23.1. The van der Waals surface area contributed by atoms with Gasteiger partial charge in [-0.3, -0.25) is 0 Å². The summed E-state index contributed by atoms with van der Waals surface area (Å²) in [5.41, 5.74) is 0.126. The van der Waals surface area contributed by atoms with Gasteiger partial charge in [0.2, 0.25) is 23.3 Å². The molecule has 7 heterocycles. The van der Waals surface area contributed by atoms with Gasteiger partial charge in [0.05, 0.1) is 6.20 Å². The molecule has 3 aliphatic heterocycles. The van der Waals surface area contributed by atoms with Crippen LogP contribution in [0.3, 0.4) is 0 Å². The highest BCUT2D eigenvalue weighted by molar-refractivity contribution is 5.67. The van der Waals surface area contributed by atoms with Crippen LogP contribution in [0.4, 0.5) is 22.0 Å². The molecule has 0 bridgehead atoms. The summed E-state index contributed by atoms with van der Waals surface area (Å²) in [6.45, 7) is 3.91. The van der Waals surface area contributed by atoms with Crippen molar-refractivity contribution in [3.63, 3.8) is 0 Å². The minimum atomic E-state index is -4.73. The molecule has 0 aromatic carbocycles. The Morgan fingerprint density at radius 3 is 2.39 bits per heavy atom. The average molecular weight is 455 g/mol. The van der Waals surface area contributed by atoms with Crippen molar-refractivity contribution >= 4 is 0 Å². The zero-order valence-electron chi connectivity index (χ0n) is 17.2. The molecule has 0 aliphatic carbocycles. The van der Waals surface area contributed by atoms with E-state index in [1.165, 1.54) is 0 Å². The summed E-state index contributed by atoms with van der Waals surface area (Å²) < 4.78 is 76.3. The first-order chi connectivity index (χ1) is 15.6. The lowest BCUT2D eigenvalue weighted by Crippen LogP contribution is -2.79. The maximum Gasteiger partial charge on any atom is 0.473 e. The van der Waals surface area contributed by atoms with E-state index in [0.29, 0.717) is 11.4 Å². The number of fused-ring (bicyclic) bond motifs is 4. The van der Waals surface area contributed by atoms with E-state index in [-0.39, 0.29) is 22.6 Å². The van der Waals surface area contributed by atoms with E-state index in [9.17, 15) is 17.6 Å². The standard InChI is InChI=1S/C23H14F5N5/c1-21(2)13-6-3-5-12-18-11(9-16(24)30-19(18)25)22(32(12)13)15-10-29-20(23(26,27)28)31(15)17-8-4-7-14(21)33(17)22/h3-10H,1-2H3/q+2/t22-/m0/s1. The van der Waals surface area contributed by atoms with E-state index in [2.05, 4.69) is 9.97 Å². The van der Waals surface area contributed by atoms with Crippen molar-refractivity contribution in [1.82, 2.24) is 14.5 Å². The van der Waals surface area contributed by atoms with Gasteiger partial charge >= 0.3 is 17.7 Å². The second-order valence-corrected chi connectivity index (χ2v) is 8.99.